The maximum Gasteiger partial charge on any atom is 0.245 e. The normalized spacial score (nSPS) is 10.2. The summed E-state index contributed by atoms with van der Waals surface area (Å²) in [6.45, 7) is 0. The van der Waals surface area contributed by atoms with Crippen molar-refractivity contribution < 1.29 is 4.74 Å². The first-order chi connectivity index (χ1) is 9.84. The third-order valence-corrected chi connectivity index (χ3v) is 2.88. The van der Waals surface area contributed by atoms with Crippen molar-refractivity contribution in [2.24, 2.45) is 0 Å². The minimum atomic E-state index is 0.364. The molecule has 0 aliphatic heterocycles. The van der Waals surface area contributed by atoms with E-state index >= 15 is 0 Å². The molecule has 3 rings (SSSR count). The Labute approximate surface area is 116 Å². The maximum absolute atomic E-state index is 5.82. The second-order valence-electron chi connectivity index (χ2n) is 4.25. The Morgan fingerprint density at radius 1 is 0.900 bits per heavy atom. The Kier molecular flexibility index (Phi) is 3.29. The number of rotatable bonds is 3. The van der Waals surface area contributed by atoms with Crippen molar-refractivity contribution in [3.8, 4) is 22.8 Å². The molecule has 1 aromatic heterocycles. The molecule has 0 aliphatic rings. The van der Waals surface area contributed by atoms with Gasteiger partial charge in [-0.25, -0.2) is 4.98 Å². The lowest BCUT2D eigenvalue weighted by molar-refractivity contribution is 0.466. The molecule has 2 N–H and O–H groups in total. The molecule has 1 heterocycles. The molecule has 4 heteroatoms. The summed E-state index contributed by atoms with van der Waals surface area (Å²) in [6, 6.07) is 17.8. The number of nitrogen functional groups attached to an aromatic ring is 1. The zero-order valence-corrected chi connectivity index (χ0v) is 10.7. The van der Waals surface area contributed by atoms with Crippen LogP contribution in [0.4, 0.5) is 5.69 Å². The van der Waals surface area contributed by atoms with E-state index < -0.39 is 0 Å². The van der Waals surface area contributed by atoms with Gasteiger partial charge in [-0.1, -0.05) is 48.5 Å². The van der Waals surface area contributed by atoms with Crippen molar-refractivity contribution in [1.29, 1.82) is 0 Å². The number of benzene rings is 2. The number of aromatic nitrogens is 2. The molecule has 0 spiro atoms. The summed E-state index contributed by atoms with van der Waals surface area (Å²) in [6.07, 6.45) is 2.93. The Bertz CT molecular complexity index is 714. The van der Waals surface area contributed by atoms with E-state index in [2.05, 4.69) is 9.97 Å². The largest absolute Gasteiger partial charge is 0.436 e. The lowest BCUT2D eigenvalue weighted by atomic mass is 10.1. The number of para-hydroxylation sites is 1. The first-order valence-corrected chi connectivity index (χ1v) is 6.22. The van der Waals surface area contributed by atoms with Crippen molar-refractivity contribution in [2.45, 2.75) is 0 Å². The van der Waals surface area contributed by atoms with Crippen LogP contribution in [0.2, 0.25) is 0 Å². The second-order valence-corrected chi connectivity index (χ2v) is 4.25. The third-order valence-electron chi connectivity index (χ3n) is 2.88. The summed E-state index contributed by atoms with van der Waals surface area (Å²) in [5, 5.41) is 0. The van der Waals surface area contributed by atoms with Gasteiger partial charge in [0.15, 0.2) is 0 Å². The third kappa shape index (κ3) is 2.44. The lowest BCUT2D eigenvalue weighted by Gasteiger charge is -2.11. The van der Waals surface area contributed by atoms with Gasteiger partial charge < -0.3 is 10.5 Å². The molecule has 0 amide bonds. The smallest absolute Gasteiger partial charge is 0.245 e. The molecular weight excluding hydrogens is 250 g/mol. The Morgan fingerprint density at radius 3 is 2.45 bits per heavy atom. The van der Waals surface area contributed by atoms with E-state index in [9.17, 15) is 0 Å². The van der Waals surface area contributed by atoms with Gasteiger partial charge in [0, 0.05) is 5.56 Å². The van der Waals surface area contributed by atoms with Crippen molar-refractivity contribution in [1.82, 2.24) is 9.97 Å². The number of nitrogens with zero attached hydrogens (tertiary/aromatic N) is 2. The van der Waals surface area contributed by atoms with Gasteiger partial charge in [0.1, 0.15) is 17.8 Å². The first-order valence-electron chi connectivity index (χ1n) is 6.22. The summed E-state index contributed by atoms with van der Waals surface area (Å²) >= 11 is 0. The van der Waals surface area contributed by atoms with E-state index in [0.717, 1.165) is 11.1 Å². The van der Waals surface area contributed by atoms with E-state index in [1.807, 2.05) is 54.6 Å². The van der Waals surface area contributed by atoms with Crippen LogP contribution in [0.3, 0.4) is 0 Å². The Balaban J connectivity index is 2.01. The van der Waals surface area contributed by atoms with Crippen molar-refractivity contribution in [3.05, 3.63) is 67.1 Å². The molecule has 0 saturated heterocycles. The minimum absolute atomic E-state index is 0.364. The molecule has 0 aliphatic carbocycles. The van der Waals surface area contributed by atoms with E-state index in [4.69, 9.17) is 10.5 Å². The molecule has 0 saturated carbocycles. The fourth-order valence-corrected chi connectivity index (χ4v) is 1.93. The van der Waals surface area contributed by atoms with Gasteiger partial charge in [0.05, 0.1) is 6.20 Å². The molecule has 0 fully saturated rings. The van der Waals surface area contributed by atoms with Gasteiger partial charge in [-0.3, -0.25) is 0 Å². The van der Waals surface area contributed by atoms with Crippen LogP contribution in [-0.4, -0.2) is 9.97 Å². The van der Waals surface area contributed by atoms with Crippen LogP contribution in [0.1, 0.15) is 0 Å². The summed E-state index contributed by atoms with van der Waals surface area (Å²) in [7, 11) is 0. The highest BCUT2D eigenvalue weighted by Gasteiger charge is 2.09. The number of nitrogens with two attached hydrogens (primary N) is 1. The first kappa shape index (κ1) is 12.2. The average Bonchev–Trinajstić information content (AvgIpc) is 2.51. The summed E-state index contributed by atoms with van der Waals surface area (Å²) in [4.78, 5) is 7.90. The number of ether oxygens (including phenoxy) is 1. The van der Waals surface area contributed by atoms with Gasteiger partial charge in [-0.15, -0.1) is 0 Å². The van der Waals surface area contributed by atoms with Crippen molar-refractivity contribution in [2.75, 3.05) is 5.73 Å². The minimum Gasteiger partial charge on any atom is -0.436 e. The molecule has 98 valence electrons. The second kappa shape index (κ2) is 5.40. The van der Waals surface area contributed by atoms with Crippen molar-refractivity contribution >= 4 is 5.69 Å². The number of hydrogen-bond donors (Lipinski definition) is 1. The molecule has 0 unspecified atom stereocenters. The monoisotopic (exact) mass is 263 g/mol. The summed E-state index contributed by atoms with van der Waals surface area (Å²) in [5.41, 5.74) is 8.29. The molecule has 2 aromatic carbocycles. The fourth-order valence-electron chi connectivity index (χ4n) is 1.93. The van der Waals surface area contributed by atoms with Crippen LogP contribution in [-0.2, 0) is 0 Å². The van der Waals surface area contributed by atoms with Gasteiger partial charge >= 0.3 is 0 Å². The van der Waals surface area contributed by atoms with Crippen LogP contribution in [0.15, 0.2) is 67.1 Å². The van der Waals surface area contributed by atoms with Crippen LogP contribution >= 0.6 is 0 Å². The SMILES string of the molecule is Nc1cncnc1Oc1ccccc1-c1ccccc1. The van der Waals surface area contributed by atoms with E-state index in [1.165, 1.54) is 12.5 Å². The van der Waals surface area contributed by atoms with Gasteiger partial charge in [0.2, 0.25) is 5.88 Å². The van der Waals surface area contributed by atoms with Crippen LogP contribution in [0, 0.1) is 0 Å². The molecule has 0 bridgehead atoms. The summed E-state index contributed by atoms with van der Waals surface area (Å²) in [5.74, 6) is 1.08. The van der Waals surface area contributed by atoms with Crippen LogP contribution in [0.25, 0.3) is 11.1 Å². The highest BCUT2D eigenvalue weighted by atomic mass is 16.5. The lowest BCUT2D eigenvalue weighted by Crippen LogP contribution is -1.96. The molecule has 0 atom stereocenters. The highest BCUT2D eigenvalue weighted by Crippen LogP contribution is 2.33. The van der Waals surface area contributed by atoms with Gasteiger partial charge in [0.25, 0.3) is 0 Å². The number of hydrogen-bond acceptors (Lipinski definition) is 4. The Hall–Kier alpha value is -2.88. The van der Waals surface area contributed by atoms with Crippen molar-refractivity contribution in [3.63, 3.8) is 0 Å². The molecule has 0 radical (unpaired) electrons. The van der Waals surface area contributed by atoms with E-state index in [-0.39, 0.29) is 0 Å². The van der Waals surface area contributed by atoms with Gasteiger partial charge in [-0.2, -0.15) is 4.98 Å². The topological polar surface area (TPSA) is 61.0 Å². The number of anilines is 1. The summed E-state index contributed by atoms with van der Waals surface area (Å²) < 4.78 is 5.82. The highest BCUT2D eigenvalue weighted by molar-refractivity contribution is 5.71. The fraction of sp³-hybridized carbons (Fsp3) is 0. The quantitative estimate of drug-likeness (QED) is 0.785. The predicted molar refractivity (Wildman–Crippen MR) is 78.4 cm³/mol. The van der Waals surface area contributed by atoms with E-state index in [0.29, 0.717) is 17.3 Å². The predicted octanol–water partition coefficient (Wildman–Crippen LogP) is 3.52. The zero-order valence-electron chi connectivity index (χ0n) is 10.7. The van der Waals surface area contributed by atoms with Gasteiger partial charge in [-0.05, 0) is 11.6 Å². The maximum atomic E-state index is 5.82. The molecule has 20 heavy (non-hydrogen) atoms. The van der Waals surface area contributed by atoms with Crippen LogP contribution < -0.4 is 10.5 Å². The van der Waals surface area contributed by atoms with E-state index in [1.54, 1.807) is 0 Å². The average molecular weight is 263 g/mol. The molecular formula is C16H13N3O. The zero-order chi connectivity index (χ0) is 13.8. The Morgan fingerprint density at radius 2 is 1.65 bits per heavy atom. The van der Waals surface area contributed by atoms with Crippen LogP contribution in [0.5, 0.6) is 11.6 Å². The molecule has 3 aromatic rings. The standard InChI is InChI=1S/C16H13N3O/c17-14-10-18-11-19-16(14)20-15-9-5-4-8-13(15)12-6-2-1-3-7-12/h1-11H,17H2. The molecule has 4 nitrogen and oxygen atoms in total.